The van der Waals surface area contributed by atoms with Crippen LogP contribution >= 0.6 is 0 Å². The van der Waals surface area contributed by atoms with Crippen molar-refractivity contribution in [2.45, 2.75) is 32.6 Å². The molecule has 0 fully saturated rings. The predicted octanol–water partition coefficient (Wildman–Crippen LogP) is 2.32. The second-order valence-electron chi connectivity index (χ2n) is 2.98. The van der Waals surface area contributed by atoms with E-state index in [0.29, 0.717) is 5.92 Å². The molecule has 0 atom stereocenters. The Bertz CT molecular complexity index is 211. The van der Waals surface area contributed by atoms with E-state index in [1.807, 2.05) is 17.9 Å². The minimum atomic E-state index is 0.649. The fourth-order valence-corrected chi connectivity index (χ4v) is 1.35. The van der Waals surface area contributed by atoms with Crippen LogP contribution in [0.1, 0.15) is 38.3 Å². The number of hydrogen-bond acceptors (Lipinski definition) is 1. The lowest BCUT2D eigenvalue weighted by Crippen LogP contribution is -1.94. The zero-order chi connectivity index (χ0) is 8.27. The van der Waals surface area contributed by atoms with Gasteiger partial charge < -0.3 is 4.57 Å². The summed E-state index contributed by atoms with van der Waals surface area (Å²) in [5, 5.41) is 0. The summed E-state index contributed by atoms with van der Waals surface area (Å²) in [5.41, 5.74) is 1.23. The van der Waals surface area contributed by atoms with E-state index in [1.54, 1.807) is 0 Å². The molecule has 2 heteroatoms. The van der Waals surface area contributed by atoms with Crippen molar-refractivity contribution in [1.29, 1.82) is 0 Å². The van der Waals surface area contributed by atoms with Crippen LogP contribution in [0.3, 0.4) is 0 Å². The first-order chi connectivity index (χ1) is 5.27. The molecule has 0 bridgehead atoms. The minimum absolute atomic E-state index is 0.649. The van der Waals surface area contributed by atoms with Crippen molar-refractivity contribution >= 4 is 0 Å². The van der Waals surface area contributed by atoms with Gasteiger partial charge in [-0.05, 0) is 12.8 Å². The van der Waals surface area contributed by atoms with Gasteiger partial charge in [-0.15, -0.1) is 0 Å². The van der Waals surface area contributed by atoms with Crippen molar-refractivity contribution in [3.63, 3.8) is 0 Å². The third kappa shape index (κ3) is 1.82. The van der Waals surface area contributed by atoms with E-state index in [-0.39, 0.29) is 0 Å². The molecule has 0 saturated heterocycles. The highest BCUT2D eigenvalue weighted by Gasteiger charge is 2.08. The molecule has 62 valence electrons. The normalized spacial score (nSPS) is 10.9. The van der Waals surface area contributed by atoms with Gasteiger partial charge >= 0.3 is 0 Å². The standard InChI is InChI=1S/C9H16N2/c1-4-8(5-2)9-6-11(3)7-10-9/h6-8H,4-5H2,1-3H3. The monoisotopic (exact) mass is 152 g/mol. The average molecular weight is 152 g/mol. The smallest absolute Gasteiger partial charge is 0.0946 e. The van der Waals surface area contributed by atoms with Crippen molar-refractivity contribution < 1.29 is 0 Å². The fourth-order valence-electron chi connectivity index (χ4n) is 1.35. The molecule has 11 heavy (non-hydrogen) atoms. The van der Waals surface area contributed by atoms with E-state index < -0.39 is 0 Å². The summed E-state index contributed by atoms with van der Waals surface area (Å²) in [6.45, 7) is 4.42. The summed E-state index contributed by atoms with van der Waals surface area (Å²) in [5.74, 6) is 0.649. The van der Waals surface area contributed by atoms with Crippen LogP contribution in [0, 0.1) is 0 Å². The van der Waals surface area contributed by atoms with E-state index in [2.05, 4.69) is 25.0 Å². The van der Waals surface area contributed by atoms with Crippen LogP contribution in [0.25, 0.3) is 0 Å². The van der Waals surface area contributed by atoms with Crippen LogP contribution in [0.15, 0.2) is 12.5 Å². The highest BCUT2D eigenvalue weighted by Crippen LogP contribution is 2.19. The molecule has 1 aromatic rings. The van der Waals surface area contributed by atoms with Gasteiger partial charge in [-0.2, -0.15) is 0 Å². The first-order valence-corrected chi connectivity index (χ1v) is 4.25. The Morgan fingerprint density at radius 1 is 1.45 bits per heavy atom. The van der Waals surface area contributed by atoms with E-state index in [4.69, 9.17) is 0 Å². The van der Waals surface area contributed by atoms with Gasteiger partial charge in [0.15, 0.2) is 0 Å². The molecule has 1 aromatic heterocycles. The molecule has 0 saturated carbocycles. The number of hydrogen-bond donors (Lipinski definition) is 0. The van der Waals surface area contributed by atoms with Crippen molar-refractivity contribution in [3.05, 3.63) is 18.2 Å². The van der Waals surface area contributed by atoms with E-state index in [0.717, 1.165) is 0 Å². The number of rotatable bonds is 3. The third-order valence-electron chi connectivity index (χ3n) is 2.13. The van der Waals surface area contributed by atoms with Gasteiger partial charge in [0.05, 0.1) is 12.0 Å². The molecule has 0 unspecified atom stereocenters. The Labute approximate surface area is 68.3 Å². The van der Waals surface area contributed by atoms with Crippen LogP contribution in [0.4, 0.5) is 0 Å². The molecule has 0 radical (unpaired) electrons. The summed E-state index contributed by atoms with van der Waals surface area (Å²) >= 11 is 0. The SMILES string of the molecule is CCC(CC)c1cn(C)cn1. The number of aromatic nitrogens is 2. The minimum Gasteiger partial charge on any atom is -0.340 e. The molecular formula is C9H16N2. The molecule has 0 N–H and O–H groups in total. The molecule has 0 aliphatic rings. The summed E-state index contributed by atoms with van der Waals surface area (Å²) in [6, 6.07) is 0. The highest BCUT2D eigenvalue weighted by atomic mass is 15.0. The summed E-state index contributed by atoms with van der Waals surface area (Å²) in [6.07, 6.45) is 6.35. The van der Waals surface area contributed by atoms with Crippen LogP contribution in [-0.4, -0.2) is 9.55 Å². The summed E-state index contributed by atoms with van der Waals surface area (Å²) in [7, 11) is 2.01. The maximum Gasteiger partial charge on any atom is 0.0946 e. The van der Waals surface area contributed by atoms with E-state index >= 15 is 0 Å². The molecule has 0 spiro atoms. The second kappa shape index (κ2) is 3.56. The molecule has 0 aromatic carbocycles. The number of aryl methyl sites for hydroxylation is 1. The largest absolute Gasteiger partial charge is 0.340 e. The van der Waals surface area contributed by atoms with Crippen molar-refractivity contribution in [2.24, 2.45) is 7.05 Å². The average Bonchev–Trinajstić information content (AvgIpc) is 2.39. The Balaban J connectivity index is 2.73. The molecule has 2 nitrogen and oxygen atoms in total. The lowest BCUT2D eigenvalue weighted by molar-refractivity contribution is 0.626. The van der Waals surface area contributed by atoms with Gasteiger partial charge in [-0.3, -0.25) is 0 Å². The zero-order valence-electron chi connectivity index (χ0n) is 7.54. The second-order valence-corrected chi connectivity index (χ2v) is 2.98. The molecule has 1 rings (SSSR count). The molecule has 0 aliphatic heterocycles. The van der Waals surface area contributed by atoms with E-state index in [9.17, 15) is 0 Å². The Morgan fingerprint density at radius 2 is 2.09 bits per heavy atom. The first kappa shape index (κ1) is 8.31. The Kier molecular flexibility index (Phi) is 2.69. The lowest BCUT2D eigenvalue weighted by Gasteiger charge is -2.07. The molecular weight excluding hydrogens is 136 g/mol. The zero-order valence-corrected chi connectivity index (χ0v) is 7.54. The van der Waals surface area contributed by atoms with Gasteiger partial charge in [0.2, 0.25) is 0 Å². The maximum atomic E-state index is 4.32. The van der Waals surface area contributed by atoms with Crippen LogP contribution in [0.5, 0.6) is 0 Å². The van der Waals surface area contributed by atoms with Crippen LogP contribution in [-0.2, 0) is 7.05 Å². The van der Waals surface area contributed by atoms with Gasteiger partial charge in [-0.25, -0.2) is 4.98 Å². The topological polar surface area (TPSA) is 17.8 Å². The van der Waals surface area contributed by atoms with E-state index in [1.165, 1.54) is 18.5 Å². The maximum absolute atomic E-state index is 4.32. The van der Waals surface area contributed by atoms with Gasteiger partial charge in [-0.1, -0.05) is 13.8 Å². The van der Waals surface area contributed by atoms with Crippen LogP contribution < -0.4 is 0 Å². The van der Waals surface area contributed by atoms with Gasteiger partial charge in [0.1, 0.15) is 0 Å². The summed E-state index contributed by atoms with van der Waals surface area (Å²) < 4.78 is 2.01. The first-order valence-electron chi connectivity index (χ1n) is 4.25. The van der Waals surface area contributed by atoms with Gasteiger partial charge in [0, 0.05) is 19.2 Å². The fraction of sp³-hybridized carbons (Fsp3) is 0.667. The Morgan fingerprint density at radius 3 is 2.45 bits per heavy atom. The third-order valence-corrected chi connectivity index (χ3v) is 2.13. The number of imidazole rings is 1. The van der Waals surface area contributed by atoms with Crippen molar-refractivity contribution in [1.82, 2.24) is 9.55 Å². The van der Waals surface area contributed by atoms with Gasteiger partial charge in [0.25, 0.3) is 0 Å². The molecule has 0 aliphatic carbocycles. The highest BCUT2D eigenvalue weighted by molar-refractivity contribution is 5.03. The molecule has 1 heterocycles. The quantitative estimate of drug-likeness (QED) is 0.650. The lowest BCUT2D eigenvalue weighted by atomic mass is 10.0. The predicted molar refractivity (Wildman–Crippen MR) is 46.5 cm³/mol. The van der Waals surface area contributed by atoms with Crippen LogP contribution in [0.2, 0.25) is 0 Å². The molecule has 0 amide bonds. The van der Waals surface area contributed by atoms with Crippen molar-refractivity contribution in [3.8, 4) is 0 Å². The number of nitrogens with zero attached hydrogens (tertiary/aromatic N) is 2. The Hall–Kier alpha value is -0.790. The van der Waals surface area contributed by atoms with Crippen molar-refractivity contribution in [2.75, 3.05) is 0 Å². The summed E-state index contributed by atoms with van der Waals surface area (Å²) in [4.78, 5) is 4.32.